The van der Waals surface area contributed by atoms with Crippen molar-refractivity contribution in [2.75, 3.05) is 4.90 Å². The van der Waals surface area contributed by atoms with E-state index in [9.17, 15) is 0 Å². The molecular formula is C36H19BFN3. The van der Waals surface area contributed by atoms with Crippen molar-refractivity contribution in [1.82, 2.24) is 9.97 Å². The summed E-state index contributed by atoms with van der Waals surface area (Å²) in [6.45, 7) is -0.0421. The van der Waals surface area contributed by atoms with Gasteiger partial charge in [-0.3, -0.25) is 0 Å². The number of benzene rings is 6. The van der Waals surface area contributed by atoms with Crippen LogP contribution >= 0.6 is 0 Å². The fourth-order valence-corrected chi connectivity index (χ4v) is 7.49. The Hall–Kier alpha value is -5.29. The van der Waals surface area contributed by atoms with E-state index < -0.39 is 0 Å². The molecule has 10 rings (SSSR count). The van der Waals surface area contributed by atoms with Gasteiger partial charge < -0.3 is 4.90 Å². The third kappa shape index (κ3) is 2.64. The van der Waals surface area contributed by atoms with Gasteiger partial charge in [0.25, 0.3) is 6.71 Å². The second-order valence-electron chi connectivity index (χ2n) is 11.1. The first kappa shape index (κ1) is 21.5. The highest BCUT2D eigenvalue weighted by molar-refractivity contribution is 6.98. The molecular weight excluding hydrogens is 504 g/mol. The van der Waals surface area contributed by atoms with Gasteiger partial charge in [0.2, 0.25) is 0 Å². The van der Waals surface area contributed by atoms with E-state index in [1.54, 1.807) is 12.1 Å². The van der Waals surface area contributed by atoms with Crippen molar-refractivity contribution < 1.29 is 4.39 Å². The Balaban J connectivity index is 1.35. The summed E-state index contributed by atoms with van der Waals surface area (Å²) >= 11 is 0. The van der Waals surface area contributed by atoms with Crippen LogP contribution in [0, 0.1) is 5.82 Å². The van der Waals surface area contributed by atoms with Crippen LogP contribution in [0.1, 0.15) is 0 Å². The highest BCUT2D eigenvalue weighted by Gasteiger charge is 2.43. The minimum Gasteiger partial charge on any atom is -0.309 e. The van der Waals surface area contributed by atoms with Gasteiger partial charge in [0.05, 0.1) is 5.69 Å². The van der Waals surface area contributed by atoms with Gasteiger partial charge in [-0.1, -0.05) is 91.0 Å². The first-order valence-corrected chi connectivity index (χ1v) is 13.9. The summed E-state index contributed by atoms with van der Waals surface area (Å²) in [5.74, 6) is 0.508. The third-order valence-electron chi connectivity index (χ3n) is 9.08. The molecule has 0 unspecified atom stereocenters. The number of nitrogens with zero attached hydrogens (tertiary/aromatic N) is 3. The minimum atomic E-state index is -0.211. The number of hydrogen-bond acceptors (Lipinski definition) is 3. The predicted molar refractivity (Wildman–Crippen MR) is 166 cm³/mol. The van der Waals surface area contributed by atoms with Crippen LogP contribution in [0.3, 0.4) is 0 Å². The van der Waals surface area contributed by atoms with Crippen molar-refractivity contribution >= 4 is 61.7 Å². The SMILES string of the molecule is Fc1cc2c3c(c1)-c1cccc4ccc5c(c14)N3c1c(ccc3cccc-2c13)B5c1cnc(-c2ccccc2)nc1. The van der Waals surface area contributed by atoms with Crippen LogP contribution in [0.2, 0.25) is 0 Å². The zero-order valence-electron chi connectivity index (χ0n) is 21.8. The molecule has 0 bridgehead atoms. The molecule has 4 heterocycles. The van der Waals surface area contributed by atoms with Crippen molar-refractivity contribution in [2.45, 2.75) is 0 Å². The Morgan fingerprint density at radius 1 is 0.561 bits per heavy atom. The van der Waals surface area contributed by atoms with Gasteiger partial charge in [-0.15, -0.1) is 0 Å². The zero-order chi connectivity index (χ0) is 26.8. The molecule has 0 N–H and O–H groups in total. The Morgan fingerprint density at radius 3 is 1.73 bits per heavy atom. The van der Waals surface area contributed by atoms with Crippen LogP contribution in [0.4, 0.5) is 21.5 Å². The fourth-order valence-electron chi connectivity index (χ4n) is 7.49. The first-order chi connectivity index (χ1) is 20.3. The monoisotopic (exact) mass is 523 g/mol. The van der Waals surface area contributed by atoms with Crippen molar-refractivity contribution in [2.24, 2.45) is 0 Å². The average Bonchev–Trinajstić information content (AvgIpc) is 3.03. The zero-order valence-corrected chi connectivity index (χ0v) is 21.8. The van der Waals surface area contributed by atoms with E-state index in [1.165, 1.54) is 33.1 Å². The quantitative estimate of drug-likeness (QED) is 0.232. The maximum atomic E-state index is 15.3. The Kier molecular flexibility index (Phi) is 3.92. The molecule has 3 aliphatic heterocycles. The van der Waals surface area contributed by atoms with E-state index >= 15 is 4.39 Å². The third-order valence-corrected chi connectivity index (χ3v) is 9.08. The summed E-state index contributed by atoms with van der Waals surface area (Å²) in [7, 11) is 0. The van der Waals surface area contributed by atoms with Gasteiger partial charge in [-0.25, -0.2) is 14.4 Å². The lowest BCUT2D eigenvalue weighted by Crippen LogP contribution is -2.58. The number of halogens is 1. The lowest BCUT2D eigenvalue weighted by atomic mass is 9.35. The molecule has 41 heavy (non-hydrogen) atoms. The lowest BCUT2D eigenvalue weighted by molar-refractivity contribution is 0.629. The van der Waals surface area contributed by atoms with Crippen molar-refractivity contribution in [3.8, 4) is 33.6 Å². The maximum absolute atomic E-state index is 15.3. The molecule has 3 aliphatic rings. The average molecular weight is 523 g/mol. The van der Waals surface area contributed by atoms with E-state index in [0.717, 1.165) is 55.6 Å². The summed E-state index contributed by atoms with van der Waals surface area (Å²) in [5.41, 5.74) is 12.0. The smallest absolute Gasteiger partial charge is 0.250 e. The van der Waals surface area contributed by atoms with Gasteiger partial charge in [-0.05, 0) is 50.4 Å². The van der Waals surface area contributed by atoms with Gasteiger partial charge in [-0.2, -0.15) is 0 Å². The second-order valence-corrected chi connectivity index (χ2v) is 11.1. The second kappa shape index (κ2) is 7.46. The van der Waals surface area contributed by atoms with Gasteiger partial charge in [0.1, 0.15) is 5.82 Å². The van der Waals surface area contributed by atoms with Crippen molar-refractivity contribution in [3.63, 3.8) is 0 Å². The molecule has 1 aromatic heterocycles. The van der Waals surface area contributed by atoms with Gasteiger partial charge in [0, 0.05) is 51.2 Å². The van der Waals surface area contributed by atoms with Crippen LogP contribution in [0.15, 0.2) is 116 Å². The molecule has 0 spiro atoms. The molecule has 188 valence electrons. The van der Waals surface area contributed by atoms with Crippen LogP contribution < -0.4 is 21.3 Å². The normalized spacial score (nSPS) is 13.4. The van der Waals surface area contributed by atoms with Crippen LogP contribution in [0.5, 0.6) is 0 Å². The van der Waals surface area contributed by atoms with E-state index in [2.05, 4.69) is 65.6 Å². The molecule has 7 aromatic rings. The molecule has 0 atom stereocenters. The minimum absolute atomic E-state index is 0.0421. The largest absolute Gasteiger partial charge is 0.309 e. The molecule has 0 fully saturated rings. The molecule has 6 aromatic carbocycles. The molecule has 0 saturated heterocycles. The summed E-state index contributed by atoms with van der Waals surface area (Å²) in [4.78, 5) is 12.1. The molecule has 0 radical (unpaired) electrons. The van der Waals surface area contributed by atoms with E-state index in [0.29, 0.717) is 0 Å². The maximum Gasteiger partial charge on any atom is 0.250 e. The molecule has 5 heteroatoms. The van der Waals surface area contributed by atoms with Crippen LogP contribution in [-0.2, 0) is 0 Å². The van der Waals surface area contributed by atoms with Crippen LogP contribution in [-0.4, -0.2) is 16.7 Å². The molecule has 0 aliphatic carbocycles. The van der Waals surface area contributed by atoms with Crippen LogP contribution in [0.25, 0.3) is 55.2 Å². The highest BCUT2D eigenvalue weighted by atomic mass is 19.1. The summed E-state index contributed by atoms with van der Waals surface area (Å²) in [5, 5.41) is 4.65. The summed E-state index contributed by atoms with van der Waals surface area (Å²) in [6.07, 6.45) is 3.98. The standard InChI is InChI=1S/C36H19BFN3/c38-24-16-27-25-10-4-8-20-12-14-29-34(31(20)25)41-33(27)28(17-24)26-11-5-9-21-13-15-30(35(41)32(21)26)37(29)23-18-39-36(40-19-23)22-6-2-1-3-7-22/h1-19H. The number of hydrogen-bond donors (Lipinski definition) is 0. The number of aromatic nitrogens is 2. The summed E-state index contributed by atoms with van der Waals surface area (Å²) in [6, 6.07) is 35.2. The van der Waals surface area contributed by atoms with E-state index in [1.807, 2.05) is 42.7 Å². The first-order valence-electron chi connectivity index (χ1n) is 13.9. The lowest BCUT2D eigenvalue weighted by Gasteiger charge is -2.45. The Morgan fingerprint density at radius 2 is 1.15 bits per heavy atom. The molecule has 0 amide bonds. The van der Waals surface area contributed by atoms with Gasteiger partial charge >= 0.3 is 0 Å². The van der Waals surface area contributed by atoms with E-state index in [-0.39, 0.29) is 12.5 Å². The molecule has 0 saturated carbocycles. The number of anilines is 3. The van der Waals surface area contributed by atoms with E-state index in [4.69, 9.17) is 9.97 Å². The van der Waals surface area contributed by atoms with Crippen molar-refractivity contribution in [1.29, 1.82) is 0 Å². The Bertz CT molecular complexity index is 2160. The number of rotatable bonds is 2. The van der Waals surface area contributed by atoms with Gasteiger partial charge in [0.15, 0.2) is 5.82 Å². The number of fused-ring (bicyclic) bond motifs is 2. The highest BCUT2D eigenvalue weighted by Crippen LogP contribution is 2.59. The van der Waals surface area contributed by atoms with Crippen molar-refractivity contribution in [3.05, 3.63) is 121 Å². The predicted octanol–water partition coefficient (Wildman–Crippen LogP) is 6.85. The molecule has 3 nitrogen and oxygen atoms in total. The topological polar surface area (TPSA) is 29.0 Å². The Labute approximate surface area is 235 Å². The fraction of sp³-hybridized carbons (Fsp3) is 0. The summed E-state index contributed by atoms with van der Waals surface area (Å²) < 4.78 is 15.3.